The Hall–Kier alpha value is -2.12. The molecule has 0 aliphatic carbocycles. The molecular formula is C16H22N6O. The number of piperidine rings is 1. The maximum atomic E-state index is 9.28. The smallest absolute Gasteiger partial charge is 0.228 e. The minimum Gasteiger partial charge on any atom is -0.395 e. The maximum Gasteiger partial charge on any atom is 0.228 e. The van der Waals surface area contributed by atoms with Gasteiger partial charge in [0, 0.05) is 30.7 Å². The van der Waals surface area contributed by atoms with Gasteiger partial charge in [-0.3, -0.25) is 4.90 Å². The number of rotatable bonds is 5. The summed E-state index contributed by atoms with van der Waals surface area (Å²) in [5.74, 6) is 2.03. The monoisotopic (exact) mass is 314 g/mol. The highest BCUT2D eigenvalue weighted by Crippen LogP contribution is 2.29. The molecule has 7 nitrogen and oxygen atoms in total. The number of hydrogen-bond donors (Lipinski definition) is 2. The van der Waals surface area contributed by atoms with Crippen molar-refractivity contribution >= 4 is 11.8 Å². The highest BCUT2D eigenvalue weighted by atomic mass is 16.3. The Morgan fingerprint density at radius 2 is 2.09 bits per heavy atom. The Balaban J connectivity index is 1.84. The summed E-state index contributed by atoms with van der Waals surface area (Å²) >= 11 is 0. The number of hydrogen-bond acceptors (Lipinski definition) is 7. The fraction of sp³-hybridized carbons (Fsp3) is 0.500. The van der Waals surface area contributed by atoms with Crippen molar-refractivity contribution < 1.29 is 5.11 Å². The van der Waals surface area contributed by atoms with Crippen LogP contribution in [0.1, 0.15) is 36.8 Å². The van der Waals surface area contributed by atoms with Gasteiger partial charge in [-0.1, -0.05) is 6.42 Å². The van der Waals surface area contributed by atoms with Gasteiger partial charge in [-0.25, -0.2) is 19.9 Å². The van der Waals surface area contributed by atoms with Crippen LogP contribution >= 0.6 is 0 Å². The van der Waals surface area contributed by atoms with Crippen LogP contribution in [-0.4, -0.2) is 49.6 Å². The molecule has 0 amide bonds. The summed E-state index contributed by atoms with van der Waals surface area (Å²) in [5, 5.41) is 12.4. The SMILES string of the molecule is Cc1cc(Nc2ncccn2)nc([C@H]2CCCCN2CCO)n1. The van der Waals surface area contributed by atoms with E-state index in [1.807, 2.05) is 13.0 Å². The molecule has 0 bridgehead atoms. The van der Waals surface area contributed by atoms with Crippen LogP contribution in [-0.2, 0) is 0 Å². The zero-order chi connectivity index (χ0) is 16.1. The normalized spacial score (nSPS) is 18.8. The summed E-state index contributed by atoms with van der Waals surface area (Å²) in [7, 11) is 0. The molecular weight excluding hydrogens is 292 g/mol. The third kappa shape index (κ3) is 4.00. The van der Waals surface area contributed by atoms with Gasteiger partial charge in [-0.05, 0) is 32.4 Å². The quantitative estimate of drug-likeness (QED) is 0.870. The lowest BCUT2D eigenvalue weighted by atomic mass is 10.0. The van der Waals surface area contributed by atoms with E-state index in [1.54, 1.807) is 18.5 Å². The molecule has 2 aromatic rings. The van der Waals surface area contributed by atoms with Crippen molar-refractivity contribution in [2.75, 3.05) is 25.0 Å². The molecule has 2 aromatic heterocycles. The molecule has 1 atom stereocenters. The van der Waals surface area contributed by atoms with Crippen molar-refractivity contribution in [3.05, 3.63) is 36.0 Å². The van der Waals surface area contributed by atoms with Gasteiger partial charge in [0.05, 0.1) is 12.6 Å². The first kappa shape index (κ1) is 15.8. The molecule has 0 radical (unpaired) electrons. The number of anilines is 2. The second kappa shape index (κ2) is 7.43. The third-order valence-corrected chi connectivity index (χ3v) is 3.98. The molecule has 1 saturated heterocycles. The topological polar surface area (TPSA) is 87.1 Å². The lowest BCUT2D eigenvalue weighted by molar-refractivity contribution is 0.112. The van der Waals surface area contributed by atoms with Crippen LogP contribution in [0.4, 0.5) is 11.8 Å². The number of aliphatic hydroxyl groups excluding tert-OH is 1. The molecule has 0 saturated carbocycles. The van der Waals surface area contributed by atoms with Crippen LogP contribution in [0.25, 0.3) is 0 Å². The van der Waals surface area contributed by atoms with Crippen molar-refractivity contribution in [3.63, 3.8) is 0 Å². The van der Waals surface area contributed by atoms with E-state index >= 15 is 0 Å². The highest BCUT2D eigenvalue weighted by Gasteiger charge is 2.26. The second-order valence-electron chi connectivity index (χ2n) is 5.72. The largest absolute Gasteiger partial charge is 0.395 e. The molecule has 3 rings (SSSR count). The van der Waals surface area contributed by atoms with Gasteiger partial charge < -0.3 is 10.4 Å². The molecule has 23 heavy (non-hydrogen) atoms. The van der Waals surface area contributed by atoms with Crippen molar-refractivity contribution in [2.45, 2.75) is 32.2 Å². The summed E-state index contributed by atoms with van der Waals surface area (Å²) < 4.78 is 0. The van der Waals surface area contributed by atoms with E-state index in [-0.39, 0.29) is 12.6 Å². The van der Waals surface area contributed by atoms with Crippen molar-refractivity contribution in [1.82, 2.24) is 24.8 Å². The van der Waals surface area contributed by atoms with Crippen LogP contribution in [0.3, 0.4) is 0 Å². The first-order valence-electron chi connectivity index (χ1n) is 8.01. The fourth-order valence-corrected chi connectivity index (χ4v) is 2.96. The number of aryl methyl sites for hydroxylation is 1. The van der Waals surface area contributed by atoms with Gasteiger partial charge in [0.25, 0.3) is 0 Å². The number of β-amino-alcohol motifs (C(OH)–C–C–N with tert-alkyl or cyclic N) is 1. The Labute approximate surface area is 135 Å². The van der Waals surface area contributed by atoms with Gasteiger partial charge in [-0.2, -0.15) is 0 Å². The third-order valence-electron chi connectivity index (χ3n) is 3.98. The minimum absolute atomic E-state index is 0.158. The maximum absolute atomic E-state index is 9.28. The Morgan fingerprint density at radius 1 is 1.26 bits per heavy atom. The zero-order valence-electron chi connectivity index (χ0n) is 13.3. The van der Waals surface area contributed by atoms with E-state index in [0.717, 1.165) is 37.3 Å². The molecule has 2 N–H and O–H groups in total. The summed E-state index contributed by atoms with van der Waals surface area (Å²) in [6.45, 7) is 3.76. The van der Waals surface area contributed by atoms with E-state index in [4.69, 9.17) is 0 Å². The molecule has 7 heteroatoms. The van der Waals surface area contributed by atoms with E-state index in [9.17, 15) is 5.11 Å². The van der Waals surface area contributed by atoms with Crippen LogP contribution in [0.5, 0.6) is 0 Å². The van der Waals surface area contributed by atoms with E-state index in [1.165, 1.54) is 0 Å². The van der Waals surface area contributed by atoms with Crippen LogP contribution in [0.15, 0.2) is 24.5 Å². The first-order chi connectivity index (χ1) is 11.3. The van der Waals surface area contributed by atoms with Crippen LogP contribution in [0.2, 0.25) is 0 Å². The minimum atomic E-state index is 0.158. The fourth-order valence-electron chi connectivity index (χ4n) is 2.96. The molecule has 0 aromatic carbocycles. The number of nitrogens with zero attached hydrogens (tertiary/aromatic N) is 5. The average Bonchev–Trinajstić information content (AvgIpc) is 2.56. The second-order valence-corrected chi connectivity index (χ2v) is 5.72. The highest BCUT2D eigenvalue weighted by molar-refractivity contribution is 5.47. The van der Waals surface area contributed by atoms with Gasteiger partial charge in [0.15, 0.2) is 0 Å². The molecule has 3 heterocycles. The Morgan fingerprint density at radius 3 is 2.87 bits per heavy atom. The zero-order valence-corrected chi connectivity index (χ0v) is 13.3. The predicted molar refractivity (Wildman–Crippen MR) is 87.3 cm³/mol. The predicted octanol–water partition coefficient (Wildman–Crippen LogP) is 1.84. The summed E-state index contributed by atoms with van der Waals surface area (Å²) in [5.41, 5.74) is 0.906. The number of aromatic nitrogens is 4. The molecule has 0 spiro atoms. The average molecular weight is 314 g/mol. The van der Waals surface area contributed by atoms with Crippen LogP contribution < -0.4 is 5.32 Å². The molecule has 1 aliphatic rings. The summed E-state index contributed by atoms with van der Waals surface area (Å²) in [6, 6.07) is 3.82. The Bertz CT molecular complexity index is 634. The molecule has 122 valence electrons. The van der Waals surface area contributed by atoms with Gasteiger partial charge in [0.1, 0.15) is 11.6 Å². The van der Waals surface area contributed by atoms with Crippen molar-refractivity contribution in [1.29, 1.82) is 0 Å². The lowest BCUT2D eigenvalue weighted by Gasteiger charge is -2.34. The van der Waals surface area contributed by atoms with Gasteiger partial charge in [-0.15, -0.1) is 0 Å². The van der Waals surface area contributed by atoms with Crippen molar-refractivity contribution in [2.24, 2.45) is 0 Å². The summed E-state index contributed by atoms with van der Waals surface area (Å²) in [6.07, 6.45) is 6.72. The number of nitrogens with one attached hydrogen (secondary N) is 1. The van der Waals surface area contributed by atoms with E-state index < -0.39 is 0 Å². The van der Waals surface area contributed by atoms with E-state index in [2.05, 4.69) is 30.2 Å². The van der Waals surface area contributed by atoms with Gasteiger partial charge >= 0.3 is 0 Å². The lowest BCUT2D eigenvalue weighted by Crippen LogP contribution is -2.36. The van der Waals surface area contributed by atoms with E-state index in [0.29, 0.717) is 18.3 Å². The molecule has 1 fully saturated rings. The summed E-state index contributed by atoms with van der Waals surface area (Å²) in [4.78, 5) is 19.9. The number of aliphatic hydroxyl groups is 1. The molecule has 0 unspecified atom stereocenters. The van der Waals surface area contributed by atoms with Crippen LogP contribution in [0, 0.1) is 6.92 Å². The Kier molecular flexibility index (Phi) is 5.09. The molecule has 1 aliphatic heterocycles. The first-order valence-corrected chi connectivity index (χ1v) is 8.01. The van der Waals surface area contributed by atoms with Crippen molar-refractivity contribution in [3.8, 4) is 0 Å². The van der Waals surface area contributed by atoms with Gasteiger partial charge in [0.2, 0.25) is 5.95 Å². The standard InChI is InChI=1S/C16H22N6O/c1-12-11-14(21-16-17-6-4-7-18-16)20-15(19-12)13-5-2-3-8-22(13)9-10-23/h4,6-7,11,13,23H,2-3,5,8-10H2,1H3,(H,17,18,19,20,21)/t13-/m1/s1. The number of likely N-dealkylation sites (tertiary alicyclic amines) is 1.